The van der Waals surface area contributed by atoms with Crippen LogP contribution in [0.25, 0.3) is 0 Å². The van der Waals surface area contributed by atoms with Crippen LogP contribution in [0.5, 0.6) is 0 Å². The first-order valence-corrected chi connectivity index (χ1v) is 5.42. The number of carboxylic acid groups (broad SMARTS) is 1. The maximum Gasteiger partial charge on any atom is 0.408 e. The summed E-state index contributed by atoms with van der Waals surface area (Å²) in [7, 11) is 0. The lowest BCUT2D eigenvalue weighted by Gasteiger charge is -2.27. The van der Waals surface area contributed by atoms with E-state index in [-0.39, 0.29) is 0 Å². The predicted octanol–water partition coefficient (Wildman–Crippen LogP) is 2.32. The Morgan fingerprint density at radius 2 is 1.88 bits per heavy atom. The zero-order valence-corrected chi connectivity index (χ0v) is 11.0. The van der Waals surface area contributed by atoms with Crippen molar-refractivity contribution in [1.82, 2.24) is 5.32 Å². The molecular weight excluding hydrogens is 224 g/mol. The second-order valence-electron chi connectivity index (χ2n) is 5.46. The quantitative estimate of drug-likeness (QED) is 0.745. The summed E-state index contributed by atoms with van der Waals surface area (Å²) in [5.74, 6) is -1.00. The molecular formula is C12H21NO4. The second-order valence-corrected chi connectivity index (χ2v) is 5.46. The van der Waals surface area contributed by atoms with Gasteiger partial charge in [-0.1, -0.05) is 6.08 Å². The highest BCUT2D eigenvalue weighted by Crippen LogP contribution is 2.12. The molecule has 5 heteroatoms. The van der Waals surface area contributed by atoms with E-state index in [2.05, 4.69) is 5.32 Å². The summed E-state index contributed by atoms with van der Waals surface area (Å²) in [6.07, 6.45) is 2.46. The molecule has 0 atom stereocenters. The van der Waals surface area contributed by atoms with E-state index in [0.717, 1.165) is 6.08 Å². The smallest absolute Gasteiger partial charge is 0.408 e. The number of hydrogen-bond donors (Lipinski definition) is 2. The average molecular weight is 245 g/mol. The number of alkyl carbamates (subject to hydrolysis) is 1. The van der Waals surface area contributed by atoms with Crippen LogP contribution in [0.3, 0.4) is 0 Å². The molecule has 0 aliphatic heterocycles. The Hall–Kier alpha value is -1.52. The largest absolute Gasteiger partial charge is 0.478 e. The molecule has 0 saturated heterocycles. The maximum atomic E-state index is 11.5. The van der Waals surface area contributed by atoms with Crippen molar-refractivity contribution in [2.45, 2.75) is 52.2 Å². The van der Waals surface area contributed by atoms with Crippen LogP contribution in [0, 0.1) is 0 Å². The Morgan fingerprint density at radius 3 is 2.29 bits per heavy atom. The molecule has 1 amide bonds. The van der Waals surface area contributed by atoms with Gasteiger partial charge in [-0.15, -0.1) is 0 Å². The standard InChI is InChI=1S/C12H21NO4/c1-11(2,3)17-10(16)13-12(4,5)8-6-7-9(14)15/h6-7H,8H2,1-5H3,(H,13,16)(H,14,15)/b7-6+/i9+2. The average Bonchev–Trinajstić information content (AvgIpc) is 1.96. The SMILES string of the molecule is CC(C)(C/C=C/[14C](=O)O)NC(=O)OC(C)(C)C. The van der Waals surface area contributed by atoms with E-state index < -0.39 is 23.2 Å². The van der Waals surface area contributed by atoms with Gasteiger partial charge < -0.3 is 15.2 Å². The Morgan fingerprint density at radius 1 is 1.35 bits per heavy atom. The van der Waals surface area contributed by atoms with E-state index in [9.17, 15) is 9.59 Å². The molecule has 0 aromatic rings. The fourth-order valence-corrected chi connectivity index (χ4v) is 1.09. The van der Waals surface area contributed by atoms with Crippen LogP contribution in [0.2, 0.25) is 0 Å². The van der Waals surface area contributed by atoms with Gasteiger partial charge in [0.2, 0.25) is 0 Å². The van der Waals surface area contributed by atoms with Crippen molar-refractivity contribution in [1.29, 1.82) is 0 Å². The Bertz CT molecular complexity index is 313. The van der Waals surface area contributed by atoms with E-state index >= 15 is 0 Å². The molecule has 0 aliphatic carbocycles. The first-order chi connectivity index (χ1) is 7.52. The van der Waals surface area contributed by atoms with Crippen molar-refractivity contribution in [2.24, 2.45) is 0 Å². The fourth-order valence-electron chi connectivity index (χ4n) is 1.09. The first-order valence-electron chi connectivity index (χ1n) is 5.42. The first kappa shape index (κ1) is 15.5. The highest BCUT2D eigenvalue weighted by atomic mass is 16.6. The molecule has 98 valence electrons. The number of aliphatic carboxylic acids is 1. The predicted molar refractivity (Wildman–Crippen MR) is 64.8 cm³/mol. The molecule has 0 bridgehead atoms. The molecule has 0 radical (unpaired) electrons. The van der Waals surface area contributed by atoms with E-state index in [1.54, 1.807) is 34.6 Å². The second kappa shape index (κ2) is 5.70. The normalized spacial score (nSPS) is 12.5. The number of carbonyl (C=O) groups is 2. The summed E-state index contributed by atoms with van der Waals surface area (Å²) in [4.78, 5) is 21.8. The number of amides is 1. The Labute approximate surface area is 102 Å². The van der Waals surface area contributed by atoms with E-state index in [1.807, 2.05) is 0 Å². The minimum atomic E-state index is -1.00. The number of nitrogens with one attached hydrogen (secondary N) is 1. The zero-order chi connectivity index (χ0) is 13.7. The molecule has 0 aromatic carbocycles. The van der Waals surface area contributed by atoms with E-state index in [0.29, 0.717) is 6.42 Å². The molecule has 0 aromatic heterocycles. The summed E-state index contributed by atoms with van der Waals surface area (Å²) in [6, 6.07) is 0. The van der Waals surface area contributed by atoms with E-state index in [1.165, 1.54) is 6.08 Å². The fraction of sp³-hybridized carbons (Fsp3) is 0.667. The van der Waals surface area contributed by atoms with Gasteiger partial charge in [0.25, 0.3) is 0 Å². The van der Waals surface area contributed by atoms with Crippen LogP contribution in [-0.4, -0.2) is 28.3 Å². The van der Waals surface area contributed by atoms with Crippen molar-refractivity contribution in [2.75, 3.05) is 0 Å². The molecule has 0 fully saturated rings. The van der Waals surface area contributed by atoms with Crippen molar-refractivity contribution < 1.29 is 19.4 Å². The van der Waals surface area contributed by atoms with Gasteiger partial charge in [0.05, 0.1) is 0 Å². The van der Waals surface area contributed by atoms with Gasteiger partial charge in [-0.2, -0.15) is 0 Å². The topological polar surface area (TPSA) is 75.6 Å². The summed E-state index contributed by atoms with van der Waals surface area (Å²) in [5.41, 5.74) is -1.09. The number of carbonyl (C=O) groups excluding carboxylic acids is 1. The number of ether oxygens (including phenoxy) is 1. The van der Waals surface area contributed by atoms with Gasteiger partial charge in [-0.25, -0.2) is 9.59 Å². The van der Waals surface area contributed by atoms with Crippen LogP contribution in [0.4, 0.5) is 4.79 Å². The van der Waals surface area contributed by atoms with Gasteiger partial charge in [0.1, 0.15) is 5.60 Å². The Kier molecular flexibility index (Phi) is 5.19. The molecule has 17 heavy (non-hydrogen) atoms. The molecule has 2 N–H and O–H groups in total. The van der Waals surface area contributed by atoms with Crippen LogP contribution in [0.1, 0.15) is 41.0 Å². The van der Waals surface area contributed by atoms with Gasteiger partial charge >= 0.3 is 12.1 Å². The lowest BCUT2D eigenvalue weighted by atomic mass is 10.0. The highest BCUT2D eigenvalue weighted by Gasteiger charge is 2.23. The Balaban J connectivity index is 4.25. The minimum absolute atomic E-state index is 0.415. The maximum absolute atomic E-state index is 11.5. The van der Waals surface area contributed by atoms with E-state index in [4.69, 9.17) is 9.84 Å². The van der Waals surface area contributed by atoms with Crippen molar-refractivity contribution in [3.8, 4) is 0 Å². The van der Waals surface area contributed by atoms with Crippen LogP contribution in [0.15, 0.2) is 12.2 Å². The summed E-state index contributed by atoms with van der Waals surface area (Å²) in [5, 5.41) is 11.1. The molecule has 5 nitrogen and oxygen atoms in total. The lowest BCUT2D eigenvalue weighted by Crippen LogP contribution is -2.45. The summed E-state index contributed by atoms with van der Waals surface area (Å²) >= 11 is 0. The number of hydrogen-bond acceptors (Lipinski definition) is 3. The third kappa shape index (κ3) is 9.41. The van der Waals surface area contributed by atoms with Gasteiger partial charge in [-0.05, 0) is 41.0 Å². The molecule has 0 saturated carbocycles. The number of rotatable bonds is 4. The zero-order valence-electron chi connectivity index (χ0n) is 11.0. The molecule has 0 spiro atoms. The minimum Gasteiger partial charge on any atom is -0.478 e. The third-order valence-electron chi connectivity index (χ3n) is 1.73. The third-order valence-corrected chi connectivity index (χ3v) is 1.73. The molecule has 0 heterocycles. The number of carboxylic acids is 1. The molecule has 0 unspecified atom stereocenters. The van der Waals surface area contributed by atoms with Crippen molar-refractivity contribution >= 4 is 12.1 Å². The van der Waals surface area contributed by atoms with Crippen LogP contribution in [-0.2, 0) is 9.53 Å². The van der Waals surface area contributed by atoms with Gasteiger partial charge in [0.15, 0.2) is 0 Å². The summed E-state index contributed by atoms with van der Waals surface area (Å²) in [6.45, 7) is 8.93. The molecule has 0 aliphatic rings. The van der Waals surface area contributed by atoms with Crippen LogP contribution >= 0.6 is 0 Å². The van der Waals surface area contributed by atoms with Gasteiger partial charge in [-0.3, -0.25) is 0 Å². The monoisotopic (exact) mass is 245 g/mol. The highest BCUT2D eigenvalue weighted by molar-refractivity contribution is 5.79. The lowest BCUT2D eigenvalue weighted by molar-refractivity contribution is -0.131. The van der Waals surface area contributed by atoms with Crippen molar-refractivity contribution in [3.63, 3.8) is 0 Å². The summed E-state index contributed by atoms with van der Waals surface area (Å²) < 4.78 is 5.11. The molecule has 0 rings (SSSR count). The van der Waals surface area contributed by atoms with Crippen molar-refractivity contribution in [3.05, 3.63) is 12.2 Å². The van der Waals surface area contributed by atoms with Gasteiger partial charge in [0, 0.05) is 11.6 Å². The van der Waals surface area contributed by atoms with Crippen LogP contribution < -0.4 is 5.32 Å².